The fraction of sp³-hybridized carbons (Fsp3) is 0.190. The molecule has 11 heteroatoms. The molecule has 1 amide bonds. The molecule has 2 aromatic carbocycles. The minimum atomic E-state index is -1.05. The Balaban J connectivity index is 1.58. The van der Waals surface area contributed by atoms with Gasteiger partial charge in [0.2, 0.25) is 5.95 Å². The lowest BCUT2D eigenvalue weighted by Gasteiger charge is -2.29. The zero-order valence-electron chi connectivity index (χ0n) is 16.7. The largest absolute Gasteiger partial charge is 0.378 e. The number of carbonyl (C=O) groups excluding carboxylic acids is 1. The van der Waals surface area contributed by atoms with Gasteiger partial charge in [0.25, 0.3) is 5.91 Å². The molecular weight excluding hydrogens is 442 g/mol. The minimum Gasteiger partial charge on any atom is -0.378 e. The molecule has 0 aliphatic carbocycles. The van der Waals surface area contributed by atoms with Gasteiger partial charge in [-0.15, -0.1) is 0 Å². The molecule has 0 atom stereocenters. The van der Waals surface area contributed by atoms with Gasteiger partial charge in [-0.1, -0.05) is 23.7 Å². The predicted octanol–water partition coefficient (Wildman–Crippen LogP) is 3.83. The fourth-order valence-electron chi connectivity index (χ4n) is 3.25. The van der Waals surface area contributed by atoms with E-state index in [-0.39, 0.29) is 33.7 Å². The van der Waals surface area contributed by atoms with Gasteiger partial charge in [-0.25, -0.2) is 13.8 Å². The highest BCUT2D eigenvalue weighted by molar-refractivity contribution is 6.33. The van der Waals surface area contributed by atoms with E-state index in [1.54, 1.807) is 29.2 Å². The van der Waals surface area contributed by atoms with E-state index in [9.17, 15) is 13.6 Å². The SMILES string of the molecule is NC(=O)c1ccccc1Nc1nc(Nc2ccc(N3CCOCC3)c(F)c2F)ncc1Cl. The Morgan fingerprint density at radius 2 is 1.81 bits per heavy atom. The molecule has 1 saturated heterocycles. The van der Waals surface area contributed by atoms with E-state index in [1.165, 1.54) is 18.3 Å². The van der Waals surface area contributed by atoms with Gasteiger partial charge in [0.1, 0.15) is 5.02 Å². The molecule has 1 aromatic heterocycles. The third-order valence-electron chi connectivity index (χ3n) is 4.85. The molecule has 0 saturated carbocycles. The molecule has 8 nitrogen and oxygen atoms in total. The van der Waals surface area contributed by atoms with Gasteiger partial charge in [0.05, 0.1) is 42.0 Å². The van der Waals surface area contributed by atoms with Gasteiger partial charge in [0, 0.05) is 13.1 Å². The van der Waals surface area contributed by atoms with E-state index in [4.69, 9.17) is 22.1 Å². The first-order valence-corrected chi connectivity index (χ1v) is 10.1. The lowest BCUT2D eigenvalue weighted by Crippen LogP contribution is -2.36. The quantitative estimate of drug-likeness (QED) is 0.513. The molecule has 0 radical (unpaired) electrons. The number of hydrogen-bond acceptors (Lipinski definition) is 7. The van der Waals surface area contributed by atoms with Crippen molar-refractivity contribution in [2.75, 3.05) is 41.8 Å². The lowest BCUT2D eigenvalue weighted by molar-refractivity contribution is 0.100. The Bertz CT molecular complexity index is 1160. The number of primary amides is 1. The number of halogens is 3. The van der Waals surface area contributed by atoms with Crippen LogP contribution in [0.15, 0.2) is 42.6 Å². The highest BCUT2D eigenvalue weighted by atomic mass is 35.5. The molecule has 3 aromatic rings. The Hall–Kier alpha value is -3.50. The van der Waals surface area contributed by atoms with Crippen LogP contribution in [0.5, 0.6) is 0 Å². The van der Waals surface area contributed by atoms with E-state index < -0.39 is 17.5 Å². The van der Waals surface area contributed by atoms with Crippen LogP contribution in [0.4, 0.5) is 37.6 Å². The molecule has 1 fully saturated rings. The number of morpholine rings is 1. The number of carbonyl (C=O) groups is 1. The number of anilines is 5. The number of para-hydroxylation sites is 1. The molecule has 1 aliphatic rings. The van der Waals surface area contributed by atoms with Crippen molar-refractivity contribution < 1.29 is 18.3 Å². The molecule has 0 unspecified atom stereocenters. The van der Waals surface area contributed by atoms with Crippen molar-refractivity contribution in [2.24, 2.45) is 5.73 Å². The van der Waals surface area contributed by atoms with Crippen LogP contribution in [0.1, 0.15) is 10.4 Å². The van der Waals surface area contributed by atoms with E-state index in [0.29, 0.717) is 32.0 Å². The smallest absolute Gasteiger partial charge is 0.250 e. The summed E-state index contributed by atoms with van der Waals surface area (Å²) in [7, 11) is 0. The van der Waals surface area contributed by atoms with Crippen molar-refractivity contribution in [1.29, 1.82) is 0 Å². The first-order valence-electron chi connectivity index (χ1n) is 9.70. The van der Waals surface area contributed by atoms with Crippen LogP contribution < -0.4 is 21.3 Å². The Labute approximate surface area is 187 Å². The summed E-state index contributed by atoms with van der Waals surface area (Å²) in [6, 6.07) is 9.45. The normalized spacial score (nSPS) is 13.7. The monoisotopic (exact) mass is 460 g/mol. The maximum atomic E-state index is 14.7. The maximum Gasteiger partial charge on any atom is 0.250 e. The van der Waals surface area contributed by atoms with Gasteiger partial charge in [0.15, 0.2) is 17.5 Å². The van der Waals surface area contributed by atoms with E-state index in [1.807, 2.05) is 0 Å². The third-order valence-corrected chi connectivity index (χ3v) is 5.13. The van der Waals surface area contributed by atoms with Crippen LogP contribution in [0, 0.1) is 11.6 Å². The molecule has 166 valence electrons. The summed E-state index contributed by atoms with van der Waals surface area (Å²) < 4.78 is 34.7. The van der Waals surface area contributed by atoms with Crippen molar-refractivity contribution >= 4 is 46.3 Å². The highest BCUT2D eigenvalue weighted by Crippen LogP contribution is 2.30. The van der Waals surface area contributed by atoms with Gasteiger partial charge in [-0.05, 0) is 24.3 Å². The summed E-state index contributed by atoms with van der Waals surface area (Å²) in [5, 5.41) is 5.74. The number of nitrogens with zero attached hydrogens (tertiary/aromatic N) is 3. The zero-order valence-corrected chi connectivity index (χ0v) is 17.5. The third kappa shape index (κ3) is 4.56. The van der Waals surface area contributed by atoms with Gasteiger partial charge in [-0.2, -0.15) is 4.98 Å². The van der Waals surface area contributed by atoms with Crippen molar-refractivity contribution in [3.63, 3.8) is 0 Å². The minimum absolute atomic E-state index is 0.0223. The molecular formula is C21H19ClF2N6O2. The van der Waals surface area contributed by atoms with E-state index in [2.05, 4.69) is 20.6 Å². The number of nitrogens with two attached hydrogens (primary N) is 1. The molecule has 2 heterocycles. The van der Waals surface area contributed by atoms with E-state index in [0.717, 1.165) is 0 Å². The predicted molar refractivity (Wildman–Crippen MR) is 118 cm³/mol. The molecule has 4 N–H and O–H groups in total. The maximum absolute atomic E-state index is 14.7. The van der Waals surface area contributed by atoms with E-state index >= 15 is 0 Å². The second-order valence-corrected chi connectivity index (χ2v) is 7.32. The van der Waals surface area contributed by atoms with Crippen LogP contribution in [0.2, 0.25) is 5.02 Å². The van der Waals surface area contributed by atoms with Gasteiger partial charge >= 0.3 is 0 Å². The number of ether oxygens (including phenoxy) is 1. The van der Waals surface area contributed by atoms with Crippen LogP contribution in [-0.2, 0) is 4.74 Å². The molecule has 0 bridgehead atoms. The molecule has 32 heavy (non-hydrogen) atoms. The van der Waals surface area contributed by atoms with Crippen molar-refractivity contribution in [3.05, 3.63) is 64.8 Å². The Morgan fingerprint density at radius 1 is 1.06 bits per heavy atom. The van der Waals surface area contributed by atoms with Crippen LogP contribution in [-0.4, -0.2) is 42.2 Å². The summed E-state index contributed by atoms with van der Waals surface area (Å²) in [5.41, 5.74) is 6.05. The van der Waals surface area contributed by atoms with Crippen LogP contribution >= 0.6 is 11.6 Å². The average molecular weight is 461 g/mol. The number of amides is 1. The first kappa shape index (κ1) is 21.7. The van der Waals surface area contributed by atoms with Gasteiger partial charge in [-0.3, -0.25) is 4.79 Å². The second-order valence-electron chi connectivity index (χ2n) is 6.91. The fourth-order valence-corrected chi connectivity index (χ4v) is 3.39. The second kappa shape index (κ2) is 9.33. The average Bonchev–Trinajstić information content (AvgIpc) is 2.80. The molecule has 0 spiro atoms. The van der Waals surface area contributed by atoms with Gasteiger partial charge < -0.3 is 26.0 Å². The number of aromatic nitrogens is 2. The Kier molecular flexibility index (Phi) is 6.33. The summed E-state index contributed by atoms with van der Waals surface area (Å²) in [6.45, 7) is 1.86. The summed E-state index contributed by atoms with van der Waals surface area (Å²) in [4.78, 5) is 21.6. The lowest BCUT2D eigenvalue weighted by atomic mass is 10.1. The first-order chi connectivity index (χ1) is 15.4. The molecule has 4 rings (SSSR count). The topological polar surface area (TPSA) is 105 Å². The van der Waals surface area contributed by atoms with Crippen molar-refractivity contribution in [2.45, 2.75) is 0 Å². The zero-order chi connectivity index (χ0) is 22.7. The summed E-state index contributed by atoms with van der Waals surface area (Å²) in [6.07, 6.45) is 1.29. The number of benzene rings is 2. The Morgan fingerprint density at radius 3 is 2.56 bits per heavy atom. The van der Waals surface area contributed by atoms with Crippen molar-refractivity contribution in [3.8, 4) is 0 Å². The van der Waals surface area contributed by atoms with Crippen molar-refractivity contribution in [1.82, 2.24) is 9.97 Å². The highest BCUT2D eigenvalue weighted by Gasteiger charge is 2.21. The summed E-state index contributed by atoms with van der Waals surface area (Å²) >= 11 is 6.16. The molecule has 1 aliphatic heterocycles. The summed E-state index contributed by atoms with van der Waals surface area (Å²) in [5.74, 6) is -2.52. The number of nitrogens with one attached hydrogen (secondary N) is 2. The standard InChI is InChI=1S/C21H19ClF2N6O2/c22-13-11-26-21(29-20(13)27-14-4-2-1-3-12(14)19(25)31)28-15-5-6-16(18(24)17(15)23)30-7-9-32-10-8-30/h1-6,11H,7-10H2,(H2,25,31)(H2,26,27,28,29). The number of hydrogen-bond donors (Lipinski definition) is 3. The van der Waals surface area contributed by atoms with Crippen LogP contribution in [0.3, 0.4) is 0 Å². The number of rotatable bonds is 6. The van der Waals surface area contributed by atoms with Crippen LogP contribution in [0.25, 0.3) is 0 Å².